The molecule has 0 heterocycles. The van der Waals surface area contributed by atoms with Gasteiger partial charge in [-0.1, -0.05) is 86.6 Å². The third kappa shape index (κ3) is 9.18. The predicted molar refractivity (Wildman–Crippen MR) is 145 cm³/mol. The van der Waals surface area contributed by atoms with Crippen LogP contribution in [0.5, 0.6) is 5.75 Å². The van der Waals surface area contributed by atoms with Crippen LogP contribution in [-0.4, -0.2) is 24.8 Å². The number of carbonyl (C=O) groups is 3. The number of hydrogen-bond donors (Lipinski definition) is 0. The molecule has 0 bridgehead atoms. The van der Waals surface area contributed by atoms with E-state index in [0.29, 0.717) is 12.2 Å². The van der Waals surface area contributed by atoms with E-state index in [-0.39, 0.29) is 43.7 Å². The number of hydrogen-bond acceptors (Lipinski definition) is 6. The van der Waals surface area contributed by atoms with Crippen LogP contribution in [0.4, 0.5) is 0 Å². The first kappa shape index (κ1) is 28.6. The first-order valence-corrected chi connectivity index (χ1v) is 12.9. The Kier molecular flexibility index (Phi) is 11.1. The van der Waals surface area contributed by atoms with Gasteiger partial charge in [0, 0.05) is 12.8 Å². The highest BCUT2D eigenvalue weighted by Gasteiger charge is 2.34. The molecule has 6 heteroatoms. The number of esters is 2. The zero-order valence-corrected chi connectivity index (χ0v) is 22.3. The minimum atomic E-state index is -1.18. The van der Waals surface area contributed by atoms with Crippen molar-refractivity contribution in [2.75, 3.05) is 7.11 Å². The first-order chi connectivity index (χ1) is 18.4. The van der Waals surface area contributed by atoms with Gasteiger partial charge in [0.1, 0.15) is 24.7 Å². The molecule has 0 amide bonds. The summed E-state index contributed by atoms with van der Waals surface area (Å²) in [6, 6.07) is 25.9. The first-order valence-electron chi connectivity index (χ1n) is 12.9. The van der Waals surface area contributed by atoms with Crippen LogP contribution in [0.2, 0.25) is 0 Å². The quantitative estimate of drug-likeness (QED) is 0.185. The van der Waals surface area contributed by atoms with E-state index in [9.17, 15) is 14.4 Å². The Labute approximate surface area is 224 Å². The topological polar surface area (TPSA) is 78.9 Å². The van der Waals surface area contributed by atoms with E-state index in [1.54, 1.807) is 7.11 Å². The third-order valence-electron chi connectivity index (χ3n) is 6.23. The molecule has 0 saturated heterocycles. The molecule has 3 aromatic carbocycles. The summed E-state index contributed by atoms with van der Waals surface area (Å²) in [5.41, 5.74) is 2.48. The number of methoxy groups -OCH3 is 1. The van der Waals surface area contributed by atoms with Crippen LogP contribution in [0.3, 0.4) is 0 Å². The van der Waals surface area contributed by atoms with Gasteiger partial charge in [-0.3, -0.25) is 14.4 Å². The van der Waals surface area contributed by atoms with Gasteiger partial charge >= 0.3 is 11.9 Å². The fraction of sp³-hybridized carbons (Fsp3) is 0.344. The van der Waals surface area contributed by atoms with Crippen molar-refractivity contribution in [3.63, 3.8) is 0 Å². The van der Waals surface area contributed by atoms with Crippen molar-refractivity contribution in [3.05, 3.63) is 102 Å². The standard InChI is InChI=1S/C32H36O6/c1-23(2)18-28(33)19-27(26-14-16-29(36-3)17-15-26)20-30(31(34)37-21-24-10-6-4-7-11-24)32(35)38-22-25-12-8-5-9-13-25/h4-17,23,27,30H,18-22H2,1-3H3. The molecule has 0 aliphatic carbocycles. The second kappa shape index (κ2) is 14.7. The van der Waals surface area contributed by atoms with E-state index in [1.165, 1.54) is 0 Å². The van der Waals surface area contributed by atoms with Gasteiger partial charge in [0.2, 0.25) is 0 Å². The molecule has 3 aromatic rings. The number of rotatable bonds is 14. The summed E-state index contributed by atoms with van der Waals surface area (Å²) in [7, 11) is 1.58. The van der Waals surface area contributed by atoms with Crippen LogP contribution in [0.25, 0.3) is 0 Å². The monoisotopic (exact) mass is 516 g/mol. The summed E-state index contributed by atoms with van der Waals surface area (Å²) in [4.78, 5) is 39.4. The van der Waals surface area contributed by atoms with Gasteiger partial charge in [0.05, 0.1) is 7.11 Å². The summed E-state index contributed by atoms with van der Waals surface area (Å²) in [6.45, 7) is 4.07. The highest BCUT2D eigenvalue weighted by atomic mass is 16.6. The Hall–Kier alpha value is -3.93. The largest absolute Gasteiger partial charge is 0.497 e. The summed E-state index contributed by atoms with van der Waals surface area (Å²) < 4.78 is 16.4. The Balaban J connectivity index is 1.83. The van der Waals surface area contributed by atoms with Gasteiger partial charge in [-0.05, 0) is 47.1 Å². The average Bonchev–Trinajstić information content (AvgIpc) is 2.93. The Morgan fingerprint density at radius 1 is 0.684 bits per heavy atom. The molecule has 1 unspecified atom stereocenters. The fourth-order valence-corrected chi connectivity index (χ4v) is 4.26. The lowest BCUT2D eigenvalue weighted by Crippen LogP contribution is -2.30. The van der Waals surface area contributed by atoms with Gasteiger partial charge in [-0.2, -0.15) is 0 Å². The van der Waals surface area contributed by atoms with E-state index in [1.807, 2.05) is 98.8 Å². The van der Waals surface area contributed by atoms with Gasteiger partial charge in [-0.25, -0.2) is 0 Å². The molecule has 0 fully saturated rings. The molecule has 200 valence electrons. The molecule has 0 aromatic heterocycles. The van der Waals surface area contributed by atoms with Gasteiger partial charge < -0.3 is 14.2 Å². The van der Waals surface area contributed by atoms with E-state index in [2.05, 4.69) is 0 Å². The van der Waals surface area contributed by atoms with E-state index < -0.39 is 17.9 Å². The molecule has 3 rings (SSSR count). The maximum Gasteiger partial charge on any atom is 0.320 e. The zero-order chi connectivity index (χ0) is 27.3. The summed E-state index contributed by atoms with van der Waals surface area (Å²) in [5, 5.41) is 0. The van der Waals surface area contributed by atoms with Gasteiger partial charge in [0.25, 0.3) is 0 Å². The highest BCUT2D eigenvalue weighted by molar-refractivity contribution is 5.95. The second-order valence-corrected chi connectivity index (χ2v) is 9.79. The minimum absolute atomic E-state index is 0.0433. The number of ether oxygens (including phenoxy) is 3. The minimum Gasteiger partial charge on any atom is -0.497 e. The van der Waals surface area contributed by atoms with Crippen molar-refractivity contribution in [1.29, 1.82) is 0 Å². The van der Waals surface area contributed by atoms with Crippen LogP contribution in [-0.2, 0) is 37.1 Å². The van der Waals surface area contributed by atoms with Crippen molar-refractivity contribution in [3.8, 4) is 5.75 Å². The van der Waals surface area contributed by atoms with Crippen molar-refractivity contribution < 1.29 is 28.6 Å². The van der Waals surface area contributed by atoms with E-state index in [0.717, 1.165) is 16.7 Å². The molecule has 0 radical (unpaired) electrons. The molecule has 0 saturated carbocycles. The summed E-state index contributed by atoms with van der Waals surface area (Å²) >= 11 is 0. The maximum absolute atomic E-state index is 13.3. The SMILES string of the molecule is COc1ccc(C(CC(=O)CC(C)C)CC(C(=O)OCc2ccccc2)C(=O)OCc2ccccc2)cc1. The van der Waals surface area contributed by atoms with Crippen molar-refractivity contribution in [1.82, 2.24) is 0 Å². The third-order valence-corrected chi connectivity index (χ3v) is 6.23. The van der Waals surface area contributed by atoms with Crippen molar-refractivity contribution >= 4 is 17.7 Å². The molecule has 0 aliphatic rings. The number of carbonyl (C=O) groups excluding carboxylic acids is 3. The van der Waals surface area contributed by atoms with Crippen molar-refractivity contribution in [2.24, 2.45) is 11.8 Å². The molecule has 38 heavy (non-hydrogen) atoms. The lowest BCUT2D eigenvalue weighted by atomic mass is 9.84. The Bertz CT molecular complexity index is 1100. The molecule has 0 spiro atoms. The van der Waals surface area contributed by atoms with E-state index in [4.69, 9.17) is 14.2 Å². The molecule has 6 nitrogen and oxygen atoms in total. The normalized spacial score (nSPS) is 11.7. The summed E-state index contributed by atoms with van der Waals surface area (Å²) in [6.07, 6.45) is 0.727. The number of benzene rings is 3. The molecule has 1 atom stereocenters. The molecular weight excluding hydrogens is 480 g/mol. The Morgan fingerprint density at radius 2 is 1.18 bits per heavy atom. The molecule has 0 aliphatic heterocycles. The maximum atomic E-state index is 13.3. The van der Waals surface area contributed by atoms with Crippen LogP contribution in [0.15, 0.2) is 84.9 Å². The number of ketones is 1. The molecule has 0 N–H and O–H groups in total. The van der Waals surface area contributed by atoms with Crippen molar-refractivity contribution in [2.45, 2.75) is 52.2 Å². The lowest BCUT2D eigenvalue weighted by Gasteiger charge is -2.22. The van der Waals surface area contributed by atoms with Crippen LogP contribution >= 0.6 is 0 Å². The smallest absolute Gasteiger partial charge is 0.320 e. The predicted octanol–water partition coefficient (Wildman–Crippen LogP) is 6.28. The number of Topliss-reactive ketones (excluding diaryl/α,β-unsaturated/α-hetero) is 1. The van der Waals surface area contributed by atoms with Crippen LogP contribution in [0.1, 0.15) is 55.7 Å². The highest BCUT2D eigenvalue weighted by Crippen LogP contribution is 2.31. The van der Waals surface area contributed by atoms with Gasteiger partial charge in [0.15, 0.2) is 5.92 Å². The lowest BCUT2D eigenvalue weighted by molar-refractivity contribution is -0.164. The van der Waals surface area contributed by atoms with E-state index >= 15 is 0 Å². The fourth-order valence-electron chi connectivity index (χ4n) is 4.26. The second-order valence-electron chi connectivity index (χ2n) is 9.79. The molecular formula is C32H36O6. The van der Waals surface area contributed by atoms with Crippen LogP contribution in [0, 0.1) is 11.8 Å². The zero-order valence-electron chi connectivity index (χ0n) is 22.3. The van der Waals surface area contributed by atoms with Crippen LogP contribution < -0.4 is 4.74 Å². The average molecular weight is 517 g/mol. The van der Waals surface area contributed by atoms with Gasteiger partial charge in [-0.15, -0.1) is 0 Å². The Morgan fingerprint density at radius 3 is 1.63 bits per heavy atom. The summed E-state index contributed by atoms with van der Waals surface area (Å²) in [5.74, 6) is -1.91.